The Hall–Kier alpha value is -1.45. The van der Waals surface area contributed by atoms with Crippen LogP contribution in [0.25, 0.3) is 0 Å². The van der Waals surface area contributed by atoms with Crippen molar-refractivity contribution in [1.82, 2.24) is 0 Å². The van der Waals surface area contributed by atoms with E-state index in [1.807, 2.05) is 60.7 Å². The van der Waals surface area contributed by atoms with Gasteiger partial charge >= 0.3 is 0 Å². The summed E-state index contributed by atoms with van der Waals surface area (Å²) in [5, 5.41) is 0. The summed E-state index contributed by atoms with van der Waals surface area (Å²) < 4.78 is 14.3. The van der Waals surface area contributed by atoms with Crippen LogP contribution in [0.1, 0.15) is 0 Å². The van der Waals surface area contributed by atoms with Gasteiger partial charge in [-0.25, -0.2) is 0 Å². The molecule has 100 valence electrons. The molecule has 0 spiro atoms. The van der Waals surface area contributed by atoms with Crippen LogP contribution in [0, 0.1) is 0 Å². The molecule has 0 aliphatic carbocycles. The van der Waals surface area contributed by atoms with E-state index in [1.165, 1.54) is 0 Å². The standard InChI is InChI=1S/C16H21NOS/c1-17(2,3)14-19(18,15-10-6-4-7-11-15)16-12-8-5-9-13-16/h4-13H,14H2,1-3H3/q+2. The molecule has 0 saturated heterocycles. The van der Waals surface area contributed by atoms with Crippen LogP contribution in [0.5, 0.6) is 0 Å². The molecule has 2 aromatic carbocycles. The van der Waals surface area contributed by atoms with Crippen LogP contribution in [0.15, 0.2) is 70.5 Å². The lowest BCUT2D eigenvalue weighted by molar-refractivity contribution is -0.857. The first kappa shape index (κ1) is 14.0. The van der Waals surface area contributed by atoms with E-state index >= 15 is 0 Å². The van der Waals surface area contributed by atoms with Gasteiger partial charge in [-0.15, -0.1) is 0 Å². The molecule has 2 nitrogen and oxygen atoms in total. The second-order valence-corrected chi connectivity index (χ2v) is 8.27. The summed E-state index contributed by atoms with van der Waals surface area (Å²) in [5.41, 5.74) is 0. The lowest BCUT2D eigenvalue weighted by Gasteiger charge is -2.24. The molecule has 0 amide bonds. The normalized spacial score (nSPS) is 12.4. The third kappa shape index (κ3) is 3.31. The van der Waals surface area contributed by atoms with Gasteiger partial charge < -0.3 is 0 Å². The fraction of sp³-hybridized carbons (Fsp3) is 0.250. The van der Waals surface area contributed by atoms with E-state index in [0.29, 0.717) is 10.4 Å². The van der Waals surface area contributed by atoms with Gasteiger partial charge in [-0.2, -0.15) is 0 Å². The molecule has 2 rings (SSSR count). The van der Waals surface area contributed by atoms with Gasteiger partial charge in [-0.3, -0.25) is 4.48 Å². The molecule has 0 aliphatic rings. The maximum absolute atomic E-state index is 13.6. The summed E-state index contributed by atoms with van der Waals surface area (Å²) in [6.45, 7) is 0. The van der Waals surface area contributed by atoms with Crippen LogP contribution < -0.4 is 0 Å². The molecule has 0 unspecified atom stereocenters. The van der Waals surface area contributed by atoms with Crippen LogP contribution in [0.2, 0.25) is 0 Å². The van der Waals surface area contributed by atoms with Gasteiger partial charge in [0.15, 0.2) is 19.7 Å². The molecule has 0 radical (unpaired) electrons. The Morgan fingerprint density at radius 1 is 0.789 bits per heavy atom. The minimum atomic E-state index is -2.23. The second-order valence-electron chi connectivity index (χ2n) is 5.72. The van der Waals surface area contributed by atoms with Crippen LogP contribution in [-0.2, 0) is 14.1 Å². The molecular formula is C16H21NOS+2. The van der Waals surface area contributed by atoms with Crippen molar-refractivity contribution in [2.45, 2.75) is 9.79 Å². The summed E-state index contributed by atoms with van der Waals surface area (Å²) in [6.07, 6.45) is 0. The largest absolute Gasteiger partial charge is 0.289 e. The van der Waals surface area contributed by atoms with Crippen molar-refractivity contribution in [1.29, 1.82) is 0 Å². The van der Waals surface area contributed by atoms with E-state index in [2.05, 4.69) is 21.1 Å². The number of benzene rings is 2. The molecular weight excluding hydrogens is 254 g/mol. The number of nitrogens with zero attached hydrogens (tertiary/aromatic N) is 1. The number of quaternary nitrogens is 1. The monoisotopic (exact) mass is 275 g/mol. The molecule has 19 heavy (non-hydrogen) atoms. The van der Waals surface area contributed by atoms with Crippen LogP contribution in [0.4, 0.5) is 0 Å². The summed E-state index contributed by atoms with van der Waals surface area (Å²) in [7, 11) is 3.99. The minimum absolute atomic E-state index is 0.598. The first-order valence-corrected chi connectivity index (χ1v) is 8.07. The van der Waals surface area contributed by atoms with Crippen LogP contribution in [0.3, 0.4) is 0 Å². The van der Waals surface area contributed by atoms with Crippen molar-refractivity contribution in [2.75, 3.05) is 27.0 Å². The fourth-order valence-corrected chi connectivity index (χ4v) is 4.97. The summed E-state index contributed by atoms with van der Waals surface area (Å²) in [5.74, 6) is 0.598. The van der Waals surface area contributed by atoms with Crippen molar-refractivity contribution in [3.63, 3.8) is 0 Å². The molecule has 0 aliphatic heterocycles. The molecule has 0 N–H and O–H groups in total. The average molecular weight is 275 g/mol. The van der Waals surface area contributed by atoms with Crippen molar-refractivity contribution in [2.24, 2.45) is 0 Å². The molecule has 0 fully saturated rings. The maximum Gasteiger partial charge on any atom is 0.246 e. The van der Waals surface area contributed by atoms with Gasteiger partial charge in [-0.05, 0) is 24.3 Å². The maximum atomic E-state index is 13.6. The summed E-state index contributed by atoms with van der Waals surface area (Å²) in [6, 6.07) is 19.6. The molecule has 0 atom stereocenters. The second kappa shape index (κ2) is 5.27. The smallest absolute Gasteiger partial charge is 0.246 e. The third-order valence-corrected chi connectivity index (χ3v) is 6.02. The predicted molar refractivity (Wildman–Crippen MR) is 80.4 cm³/mol. The highest BCUT2D eigenvalue weighted by molar-refractivity contribution is 8.02. The van der Waals surface area contributed by atoms with Gasteiger partial charge in [0.1, 0.15) is 0 Å². The molecule has 0 saturated carbocycles. The number of hydrogen-bond donors (Lipinski definition) is 0. The number of rotatable bonds is 4. The highest BCUT2D eigenvalue weighted by Gasteiger charge is 2.39. The van der Waals surface area contributed by atoms with E-state index in [9.17, 15) is 4.21 Å². The highest BCUT2D eigenvalue weighted by Crippen LogP contribution is 2.30. The molecule has 0 aromatic heterocycles. The van der Waals surface area contributed by atoms with Gasteiger partial charge in [0.05, 0.1) is 21.1 Å². The Morgan fingerprint density at radius 2 is 1.16 bits per heavy atom. The van der Waals surface area contributed by atoms with E-state index in [-0.39, 0.29) is 0 Å². The van der Waals surface area contributed by atoms with E-state index in [4.69, 9.17) is 0 Å². The van der Waals surface area contributed by atoms with E-state index < -0.39 is 9.93 Å². The fourth-order valence-electron chi connectivity index (χ4n) is 2.11. The van der Waals surface area contributed by atoms with Gasteiger partial charge in [-0.1, -0.05) is 40.6 Å². The Labute approximate surface area is 116 Å². The Balaban J connectivity index is 2.55. The van der Waals surface area contributed by atoms with Crippen molar-refractivity contribution < 1.29 is 8.69 Å². The zero-order valence-corrected chi connectivity index (χ0v) is 12.6. The topological polar surface area (TPSA) is 17.1 Å². The SMILES string of the molecule is C[N+](C)(C)C[S+](=O)(c1ccccc1)c1ccccc1. The first-order chi connectivity index (χ1) is 8.92. The Kier molecular flexibility index (Phi) is 3.88. The summed E-state index contributed by atoms with van der Waals surface area (Å²) in [4.78, 5) is 1.82. The van der Waals surface area contributed by atoms with Crippen molar-refractivity contribution in [3.8, 4) is 0 Å². The number of hydrogen-bond acceptors (Lipinski definition) is 1. The van der Waals surface area contributed by atoms with Crippen LogP contribution in [-0.4, -0.2) is 31.5 Å². The van der Waals surface area contributed by atoms with Crippen molar-refractivity contribution >= 4 is 9.93 Å². The lowest BCUT2D eigenvalue weighted by Crippen LogP contribution is -2.42. The zero-order chi connectivity index (χ0) is 13.9. The van der Waals surface area contributed by atoms with E-state index in [1.54, 1.807) is 0 Å². The highest BCUT2D eigenvalue weighted by atomic mass is 32.2. The average Bonchev–Trinajstić information content (AvgIpc) is 2.39. The van der Waals surface area contributed by atoms with Crippen molar-refractivity contribution in [3.05, 3.63) is 60.7 Å². The van der Waals surface area contributed by atoms with Crippen LogP contribution >= 0.6 is 0 Å². The first-order valence-electron chi connectivity index (χ1n) is 6.34. The molecule has 3 heteroatoms. The summed E-state index contributed by atoms with van der Waals surface area (Å²) >= 11 is 0. The van der Waals surface area contributed by atoms with Gasteiger partial charge in [0.25, 0.3) is 0 Å². The quantitative estimate of drug-likeness (QED) is 0.618. The van der Waals surface area contributed by atoms with Gasteiger partial charge in [0.2, 0.25) is 5.88 Å². The predicted octanol–water partition coefficient (Wildman–Crippen LogP) is 3.27. The molecule has 0 heterocycles. The lowest BCUT2D eigenvalue weighted by atomic mass is 10.4. The van der Waals surface area contributed by atoms with Gasteiger partial charge in [0, 0.05) is 0 Å². The minimum Gasteiger partial charge on any atom is -0.289 e. The Morgan fingerprint density at radius 3 is 1.47 bits per heavy atom. The van der Waals surface area contributed by atoms with E-state index in [0.717, 1.165) is 9.79 Å². The molecule has 2 aromatic rings. The molecule has 0 bridgehead atoms. The third-order valence-electron chi connectivity index (χ3n) is 2.82. The zero-order valence-electron chi connectivity index (χ0n) is 11.7. The Bertz CT molecular complexity index is 529.